The monoisotopic (exact) mass is 336 g/mol. The average molecular weight is 336 g/mol. The number of aromatic nitrogens is 1. The summed E-state index contributed by atoms with van der Waals surface area (Å²) < 4.78 is 0. The lowest BCUT2D eigenvalue weighted by molar-refractivity contribution is 0.0953. The second-order valence-corrected chi connectivity index (χ2v) is 5.22. The first-order chi connectivity index (χ1) is 12.0. The van der Waals surface area contributed by atoms with Crippen molar-refractivity contribution in [2.75, 3.05) is 5.32 Å². The van der Waals surface area contributed by atoms with E-state index in [0.717, 1.165) is 11.1 Å². The number of hydrazine groups is 1. The molecule has 128 valence electrons. The van der Waals surface area contributed by atoms with E-state index in [2.05, 4.69) is 27.3 Å². The third-order valence-electron chi connectivity index (χ3n) is 3.39. The molecule has 1 aromatic heterocycles. The number of nitrogens with one attached hydrogen (secondary N) is 2. The number of benzene rings is 1. The maximum absolute atomic E-state index is 11.6. The molecule has 0 spiro atoms. The van der Waals surface area contributed by atoms with Crippen LogP contribution in [-0.2, 0) is 0 Å². The molecular formula is C18H20N6O. The van der Waals surface area contributed by atoms with Crippen LogP contribution >= 0.6 is 0 Å². The molecule has 0 aliphatic heterocycles. The Labute approximate surface area is 146 Å². The quantitative estimate of drug-likeness (QED) is 0.278. The molecule has 0 atom stereocenters. The minimum absolute atomic E-state index is 0.371. The van der Waals surface area contributed by atoms with E-state index in [9.17, 15) is 4.79 Å². The van der Waals surface area contributed by atoms with Gasteiger partial charge < -0.3 is 11.1 Å². The number of carbonyl (C=O) groups is 1. The topological polar surface area (TPSA) is 118 Å². The van der Waals surface area contributed by atoms with Gasteiger partial charge in [0.1, 0.15) is 5.82 Å². The number of anilines is 1. The number of nitrogens with zero attached hydrogens (tertiary/aromatic N) is 2. The first-order valence-electron chi connectivity index (χ1n) is 7.49. The van der Waals surface area contributed by atoms with Crippen molar-refractivity contribution < 1.29 is 4.79 Å². The summed E-state index contributed by atoms with van der Waals surface area (Å²) in [6.45, 7) is 5.75. The zero-order valence-electron chi connectivity index (χ0n) is 13.9. The van der Waals surface area contributed by atoms with Gasteiger partial charge in [0.2, 0.25) is 0 Å². The van der Waals surface area contributed by atoms with Gasteiger partial charge in [-0.1, -0.05) is 12.6 Å². The summed E-state index contributed by atoms with van der Waals surface area (Å²) in [5, 5.41) is 3.05. The molecule has 1 amide bonds. The number of rotatable bonds is 6. The Kier molecular flexibility index (Phi) is 6.02. The van der Waals surface area contributed by atoms with Crippen LogP contribution in [0, 0.1) is 6.92 Å². The number of hydrogen-bond donors (Lipinski definition) is 4. The standard InChI is InChI=1S/C18H20N6O/c1-12-5-6-14(18(25)24-20)10-17(12)23-13(2)22-9-7-16(19)15-4-3-8-21-11-15/h3-11,23H,2,19-20H2,1H3,(H,24,25)/b16-7-,22-9-. The molecular weight excluding hydrogens is 316 g/mol. The molecule has 1 heterocycles. The number of hydrogen-bond acceptors (Lipinski definition) is 6. The fourth-order valence-electron chi connectivity index (χ4n) is 2.01. The summed E-state index contributed by atoms with van der Waals surface area (Å²) in [5.41, 5.74) is 11.5. The normalized spacial score (nSPS) is 11.4. The molecule has 25 heavy (non-hydrogen) atoms. The molecule has 0 unspecified atom stereocenters. The molecule has 0 aliphatic carbocycles. The number of allylic oxidation sites excluding steroid dienone is 1. The molecule has 0 saturated carbocycles. The third-order valence-corrected chi connectivity index (χ3v) is 3.39. The van der Waals surface area contributed by atoms with E-state index in [4.69, 9.17) is 11.6 Å². The predicted octanol–water partition coefficient (Wildman–Crippen LogP) is 1.95. The molecule has 0 saturated heterocycles. The lowest BCUT2D eigenvalue weighted by atomic mass is 10.1. The van der Waals surface area contributed by atoms with Crippen molar-refractivity contribution in [1.29, 1.82) is 0 Å². The molecule has 0 radical (unpaired) electrons. The van der Waals surface area contributed by atoms with Crippen molar-refractivity contribution in [3.63, 3.8) is 0 Å². The lowest BCUT2D eigenvalue weighted by Crippen LogP contribution is -2.30. The van der Waals surface area contributed by atoms with Crippen molar-refractivity contribution in [1.82, 2.24) is 10.4 Å². The summed E-state index contributed by atoms with van der Waals surface area (Å²) >= 11 is 0. The number of aryl methyl sites for hydroxylation is 1. The van der Waals surface area contributed by atoms with Gasteiger partial charge in [-0.25, -0.2) is 10.8 Å². The molecule has 1 aromatic carbocycles. The van der Waals surface area contributed by atoms with Gasteiger partial charge in [0.05, 0.1) is 0 Å². The van der Waals surface area contributed by atoms with Gasteiger partial charge in [0, 0.05) is 41.1 Å². The second-order valence-electron chi connectivity index (χ2n) is 5.22. The smallest absolute Gasteiger partial charge is 0.265 e. The fraction of sp³-hybridized carbons (Fsp3) is 0.0556. The van der Waals surface area contributed by atoms with Crippen LogP contribution in [0.1, 0.15) is 21.5 Å². The molecule has 6 N–H and O–H groups in total. The molecule has 2 aromatic rings. The number of aliphatic imine (C=N–C) groups is 1. The number of amides is 1. The molecule has 7 heteroatoms. The van der Waals surface area contributed by atoms with E-state index in [-0.39, 0.29) is 5.91 Å². The average Bonchev–Trinajstić information content (AvgIpc) is 2.63. The van der Waals surface area contributed by atoms with E-state index >= 15 is 0 Å². The highest BCUT2D eigenvalue weighted by molar-refractivity contribution is 5.95. The van der Waals surface area contributed by atoms with Gasteiger partial charge in [-0.05, 0) is 42.8 Å². The minimum Gasteiger partial charge on any atom is -0.398 e. The number of pyridine rings is 1. The first kappa shape index (κ1) is 17.9. The van der Waals surface area contributed by atoms with E-state index in [0.29, 0.717) is 22.8 Å². The lowest BCUT2D eigenvalue weighted by Gasteiger charge is -2.10. The van der Waals surface area contributed by atoms with Crippen molar-refractivity contribution in [3.05, 3.63) is 77.9 Å². The minimum atomic E-state index is -0.371. The Hall–Kier alpha value is -3.45. The number of carbonyl (C=O) groups excluding carboxylic acids is 1. The summed E-state index contributed by atoms with van der Waals surface area (Å²) in [6, 6.07) is 8.84. The zero-order valence-corrected chi connectivity index (χ0v) is 13.9. The zero-order chi connectivity index (χ0) is 18.2. The van der Waals surface area contributed by atoms with Crippen LogP contribution in [-0.4, -0.2) is 17.1 Å². The summed E-state index contributed by atoms with van der Waals surface area (Å²) in [5.74, 6) is 5.19. The fourth-order valence-corrected chi connectivity index (χ4v) is 2.01. The Morgan fingerprint density at radius 3 is 2.80 bits per heavy atom. The first-order valence-corrected chi connectivity index (χ1v) is 7.49. The van der Waals surface area contributed by atoms with Crippen LogP contribution < -0.4 is 22.3 Å². The van der Waals surface area contributed by atoms with Crippen LogP contribution in [0.25, 0.3) is 5.70 Å². The van der Waals surface area contributed by atoms with Gasteiger partial charge in [0.25, 0.3) is 5.91 Å². The van der Waals surface area contributed by atoms with Gasteiger partial charge in [0.15, 0.2) is 0 Å². The van der Waals surface area contributed by atoms with E-state index in [1.54, 1.807) is 42.9 Å². The predicted molar refractivity (Wildman–Crippen MR) is 100 cm³/mol. The van der Waals surface area contributed by atoms with Crippen molar-refractivity contribution in [2.24, 2.45) is 16.6 Å². The number of nitrogens with two attached hydrogens (primary N) is 2. The van der Waals surface area contributed by atoms with Crippen LogP contribution in [0.3, 0.4) is 0 Å². The largest absolute Gasteiger partial charge is 0.398 e. The van der Waals surface area contributed by atoms with E-state index in [1.807, 2.05) is 19.1 Å². The summed E-state index contributed by atoms with van der Waals surface area (Å²) in [4.78, 5) is 19.8. The molecule has 2 rings (SSSR count). The van der Waals surface area contributed by atoms with Crippen molar-refractivity contribution >= 4 is 23.5 Å². The Morgan fingerprint density at radius 1 is 1.32 bits per heavy atom. The van der Waals surface area contributed by atoms with Crippen LogP contribution in [0.15, 0.2) is 66.2 Å². The van der Waals surface area contributed by atoms with Gasteiger partial charge in [-0.3, -0.25) is 15.2 Å². The SMILES string of the molecule is C=C(/N=C\C=C(/N)c1cccnc1)Nc1cc(C(=O)NN)ccc1C. The van der Waals surface area contributed by atoms with Crippen molar-refractivity contribution in [3.8, 4) is 0 Å². The Balaban J connectivity index is 2.06. The second kappa shape index (κ2) is 8.42. The van der Waals surface area contributed by atoms with Gasteiger partial charge >= 0.3 is 0 Å². The van der Waals surface area contributed by atoms with Gasteiger partial charge in [-0.15, -0.1) is 0 Å². The van der Waals surface area contributed by atoms with Crippen LogP contribution in [0.5, 0.6) is 0 Å². The maximum Gasteiger partial charge on any atom is 0.265 e. The molecule has 7 nitrogen and oxygen atoms in total. The van der Waals surface area contributed by atoms with E-state index < -0.39 is 0 Å². The Bertz CT molecular complexity index is 827. The highest BCUT2D eigenvalue weighted by atomic mass is 16.2. The van der Waals surface area contributed by atoms with E-state index in [1.165, 1.54) is 0 Å². The van der Waals surface area contributed by atoms with Crippen LogP contribution in [0.4, 0.5) is 5.69 Å². The molecule has 0 bridgehead atoms. The third kappa shape index (κ3) is 5.02. The maximum atomic E-state index is 11.6. The van der Waals surface area contributed by atoms with Crippen molar-refractivity contribution in [2.45, 2.75) is 6.92 Å². The van der Waals surface area contributed by atoms with Crippen LogP contribution in [0.2, 0.25) is 0 Å². The molecule has 0 aliphatic rings. The Morgan fingerprint density at radius 2 is 2.12 bits per heavy atom. The summed E-state index contributed by atoms with van der Waals surface area (Å²) in [7, 11) is 0. The number of nitrogen functional groups attached to an aromatic ring is 1. The highest BCUT2D eigenvalue weighted by Crippen LogP contribution is 2.18. The highest BCUT2D eigenvalue weighted by Gasteiger charge is 2.06. The van der Waals surface area contributed by atoms with Gasteiger partial charge in [-0.2, -0.15) is 0 Å². The molecule has 0 fully saturated rings. The summed E-state index contributed by atoms with van der Waals surface area (Å²) in [6.07, 6.45) is 6.56.